The van der Waals surface area contributed by atoms with E-state index in [1.807, 2.05) is 6.07 Å². The van der Waals surface area contributed by atoms with Crippen LogP contribution in [-0.4, -0.2) is 77.6 Å². The van der Waals surface area contributed by atoms with Gasteiger partial charge in [0.15, 0.2) is 5.96 Å². The van der Waals surface area contributed by atoms with Gasteiger partial charge in [-0.15, -0.1) is 0 Å². The number of hydrogen-bond acceptors (Lipinski definition) is 5. The van der Waals surface area contributed by atoms with Crippen molar-refractivity contribution in [2.24, 2.45) is 4.99 Å². The molecule has 1 N–H and O–H groups in total. The highest BCUT2D eigenvalue weighted by atomic mass is 15.4. The molecule has 7 nitrogen and oxygen atoms in total. The molecule has 2 aliphatic rings. The van der Waals surface area contributed by atoms with Crippen molar-refractivity contribution in [1.82, 2.24) is 25.1 Å². The van der Waals surface area contributed by atoms with Crippen molar-refractivity contribution in [2.45, 2.75) is 32.9 Å². The van der Waals surface area contributed by atoms with Gasteiger partial charge in [-0.05, 0) is 37.5 Å². The fourth-order valence-corrected chi connectivity index (χ4v) is 4.23. The van der Waals surface area contributed by atoms with Crippen LogP contribution in [0.25, 0.3) is 0 Å². The number of aromatic nitrogens is 2. The summed E-state index contributed by atoms with van der Waals surface area (Å²) in [5.74, 6) is 1.84. The summed E-state index contributed by atoms with van der Waals surface area (Å²) in [4.78, 5) is 20.9. The van der Waals surface area contributed by atoms with Crippen LogP contribution in [0.3, 0.4) is 0 Å². The van der Waals surface area contributed by atoms with Gasteiger partial charge in [0.2, 0.25) is 5.95 Å². The van der Waals surface area contributed by atoms with Crippen LogP contribution in [0.1, 0.15) is 25.0 Å². The lowest BCUT2D eigenvalue weighted by Crippen LogP contribution is -2.53. The van der Waals surface area contributed by atoms with Gasteiger partial charge in [0.1, 0.15) is 0 Å². The first-order valence-corrected chi connectivity index (χ1v) is 11.1. The van der Waals surface area contributed by atoms with Gasteiger partial charge in [-0.1, -0.05) is 24.3 Å². The fourth-order valence-electron chi connectivity index (χ4n) is 4.23. The Morgan fingerprint density at radius 2 is 1.77 bits per heavy atom. The molecule has 2 aliphatic heterocycles. The molecule has 3 heterocycles. The third-order valence-electron chi connectivity index (χ3n) is 6.04. The third kappa shape index (κ3) is 4.90. The van der Waals surface area contributed by atoms with E-state index in [1.54, 1.807) is 12.4 Å². The molecule has 1 aromatic heterocycles. The van der Waals surface area contributed by atoms with E-state index in [0.29, 0.717) is 6.04 Å². The molecule has 0 saturated carbocycles. The van der Waals surface area contributed by atoms with Crippen LogP contribution >= 0.6 is 0 Å². The van der Waals surface area contributed by atoms with Crippen LogP contribution in [0, 0.1) is 0 Å². The van der Waals surface area contributed by atoms with Crippen LogP contribution in [0.5, 0.6) is 0 Å². The zero-order valence-electron chi connectivity index (χ0n) is 18.2. The standard InChI is InChI=1S/C23H33N7/c1-3-24-22(28-13-15-29(16-14-28)23-25-10-6-11-26-23)27-17-19(2)30-12-9-20-7-4-5-8-21(20)18-30/h4-8,10-11,19H,3,9,12-18H2,1-2H3,(H,24,27). The highest BCUT2D eigenvalue weighted by Gasteiger charge is 2.23. The largest absolute Gasteiger partial charge is 0.357 e. The second kappa shape index (κ2) is 9.89. The molecule has 1 saturated heterocycles. The van der Waals surface area contributed by atoms with Crippen molar-refractivity contribution in [3.05, 3.63) is 53.9 Å². The van der Waals surface area contributed by atoms with Gasteiger partial charge in [0.05, 0.1) is 6.54 Å². The summed E-state index contributed by atoms with van der Waals surface area (Å²) in [5.41, 5.74) is 2.96. The first-order valence-electron chi connectivity index (χ1n) is 11.1. The minimum atomic E-state index is 0.422. The lowest BCUT2D eigenvalue weighted by atomic mass is 9.99. The quantitative estimate of drug-likeness (QED) is 0.604. The molecule has 1 unspecified atom stereocenters. The Hall–Kier alpha value is -2.67. The number of rotatable bonds is 5. The normalized spacial score (nSPS) is 18.8. The second-order valence-electron chi connectivity index (χ2n) is 8.06. The van der Waals surface area contributed by atoms with E-state index in [4.69, 9.17) is 4.99 Å². The summed E-state index contributed by atoms with van der Waals surface area (Å²) < 4.78 is 0. The van der Waals surface area contributed by atoms with Gasteiger partial charge >= 0.3 is 0 Å². The lowest BCUT2D eigenvalue weighted by Gasteiger charge is -2.37. The monoisotopic (exact) mass is 407 g/mol. The number of guanidine groups is 1. The molecule has 0 radical (unpaired) electrons. The third-order valence-corrected chi connectivity index (χ3v) is 6.04. The van der Waals surface area contributed by atoms with E-state index >= 15 is 0 Å². The summed E-state index contributed by atoms with van der Waals surface area (Å²) >= 11 is 0. The van der Waals surface area contributed by atoms with Gasteiger partial charge in [0.25, 0.3) is 0 Å². The smallest absolute Gasteiger partial charge is 0.225 e. The number of nitrogens with one attached hydrogen (secondary N) is 1. The minimum absolute atomic E-state index is 0.422. The maximum Gasteiger partial charge on any atom is 0.225 e. The Kier molecular flexibility index (Phi) is 6.79. The van der Waals surface area contributed by atoms with Crippen LogP contribution in [0.4, 0.5) is 5.95 Å². The predicted octanol–water partition coefficient (Wildman–Crippen LogP) is 2.01. The fraction of sp³-hybridized carbons (Fsp3) is 0.522. The Morgan fingerprint density at radius 1 is 1.03 bits per heavy atom. The SMILES string of the molecule is CCNC(=NCC(C)N1CCc2ccccc2C1)N1CCN(c2ncccn2)CC1. The zero-order valence-corrected chi connectivity index (χ0v) is 18.2. The first kappa shape index (κ1) is 20.6. The summed E-state index contributed by atoms with van der Waals surface area (Å²) in [7, 11) is 0. The number of nitrogens with zero attached hydrogens (tertiary/aromatic N) is 6. The van der Waals surface area contributed by atoms with E-state index in [0.717, 1.165) is 70.7 Å². The van der Waals surface area contributed by atoms with Crippen molar-refractivity contribution in [3.8, 4) is 0 Å². The number of hydrogen-bond donors (Lipinski definition) is 1. The average molecular weight is 408 g/mol. The van der Waals surface area contributed by atoms with E-state index in [9.17, 15) is 0 Å². The van der Waals surface area contributed by atoms with Crippen molar-refractivity contribution in [3.63, 3.8) is 0 Å². The van der Waals surface area contributed by atoms with Crippen LogP contribution in [0.15, 0.2) is 47.7 Å². The highest BCUT2D eigenvalue weighted by Crippen LogP contribution is 2.20. The minimum Gasteiger partial charge on any atom is -0.357 e. The van der Waals surface area contributed by atoms with Crippen molar-refractivity contribution < 1.29 is 0 Å². The van der Waals surface area contributed by atoms with Crippen LogP contribution in [-0.2, 0) is 13.0 Å². The number of anilines is 1. The summed E-state index contributed by atoms with van der Waals surface area (Å²) in [6.45, 7) is 11.9. The van der Waals surface area contributed by atoms with Gasteiger partial charge in [-0.25, -0.2) is 9.97 Å². The number of fused-ring (bicyclic) bond motifs is 1. The molecule has 0 spiro atoms. The molecular formula is C23H33N7. The maximum atomic E-state index is 5.01. The van der Waals surface area contributed by atoms with E-state index in [2.05, 4.69) is 68.1 Å². The maximum absolute atomic E-state index is 5.01. The Morgan fingerprint density at radius 3 is 2.50 bits per heavy atom. The Balaban J connectivity index is 1.34. The molecule has 0 amide bonds. The summed E-state index contributed by atoms with van der Waals surface area (Å²) in [6, 6.07) is 11.1. The number of piperazine rings is 1. The predicted molar refractivity (Wildman–Crippen MR) is 122 cm³/mol. The van der Waals surface area contributed by atoms with E-state index < -0.39 is 0 Å². The second-order valence-corrected chi connectivity index (χ2v) is 8.06. The molecule has 4 rings (SSSR count). The molecule has 0 bridgehead atoms. The highest BCUT2D eigenvalue weighted by molar-refractivity contribution is 5.80. The first-order chi connectivity index (χ1) is 14.7. The van der Waals surface area contributed by atoms with Crippen LogP contribution < -0.4 is 10.2 Å². The molecule has 1 aromatic carbocycles. The van der Waals surface area contributed by atoms with E-state index in [-0.39, 0.29) is 0 Å². The molecule has 1 atom stereocenters. The summed E-state index contributed by atoms with van der Waals surface area (Å²) in [5, 5.41) is 3.49. The van der Waals surface area contributed by atoms with Gasteiger partial charge < -0.3 is 15.1 Å². The Bertz CT molecular complexity index is 830. The average Bonchev–Trinajstić information content (AvgIpc) is 2.82. The summed E-state index contributed by atoms with van der Waals surface area (Å²) in [6.07, 6.45) is 4.75. The molecule has 7 heteroatoms. The molecule has 160 valence electrons. The van der Waals surface area contributed by atoms with Crippen molar-refractivity contribution in [2.75, 3.05) is 50.7 Å². The molecule has 30 heavy (non-hydrogen) atoms. The topological polar surface area (TPSA) is 59.9 Å². The molecule has 1 fully saturated rings. The molecular weight excluding hydrogens is 374 g/mol. The van der Waals surface area contributed by atoms with Gasteiger partial charge in [-0.2, -0.15) is 0 Å². The van der Waals surface area contributed by atoms with Crippen molar-refractivity contribution >= 4 is 11.9 Å². The van der Waals surface area contributed by atoms with Gasteiger partial charge in [-0.3, -0.25) is 9.89 Å². The molecule has 2 aromatic rings. The number of benzene rings is 1. The van der Waals surface area contributed by atoms with Crippen molar-refractivity contribution in [1.29, 1.82) is 0 Å². The lowest BCUT2D eigenvalue weighted by molar-refractivity contribution is 0.195. The van der Waals surface area contributed by atoms with E-state index in [1.165, 1.54) is 11.1 Å². The Labute approximate surface area is 179 Å². The zero-order chi connectivity index (χ0) is 20.8. The van der Waals surface area contributed by atoms with Crippen LogP contribution in [0.2, 0.25) is 0 Å². The number of aliphatic imine (C=N–C) groups is 1. The molecule has 0 aliphatic carbocycles. The van der Waals surface area contributed by atoms with Gasteiger partial charge in [0, 0.05) is 64.2 Å².